The van der Waals surface area contributed by atoms with Crippen molar-refractivity contribution in [1.29, 1.82) is 0 Å². The van der Waals surface area contributed by atoms with Crippen LogP contribution in [0.4, 0.5) is 0 Å². The van der Waals surface area contributed by atoms with Gasteiger partial charge in [-0.25, -0.2) is 9.48 Å². The summed E-state index contributed by atoms with van der Waals surface area (Å²) in [6, 6.07) is 7.00. The predicted molar refractivity (Wildman–Crippen MR) is 81.8 cm³/mol. The van der Waals surface area contributed by atoms with Gasteiger partial charge in [-0.2, -0.15) is 0 Å². The van der Waals surface area contributed by atoms with Crippen molar-refractivity contribution >= 4 is 5.97 Å². The fourth-order valence-electron chi connectivity index (χ4n) is 2.21. The number of carbonyl (C=O) groups excluding carboxylic acids is 1. The number of esters is 1. The van der Waals surface area contributed by atoms with Crippen molar-refractivity contribution in [1.82, 2.24) is 15.0 Å². The molecule has 22 heavy (non-hydrogen) atoms. The van der Waals surface area contributed by atoms with Gasteiger partial charge in [-0.1, -0.05) is 19.1 Å². The van der Waals surface area contributed by atoms with E-state index in [4.69, 9.17) is 4.74 Å². The van der Waals surface area contributed by atoms with Crippen molar-refractivity contribution in [2.75, 3.05) is 6.61 Å². The molecule has 0 spiro atoms. The first-order chi connectivity index (χ1) is 10.6. The number of ether oxygens (including phenoxy) is 1. The highest BCUT2D eigenvalue weighted by molar-refractivity contribution is 5.89. The third-order valence-electron chi connectivity index (χ3n) is 3.22. The van der Waals surface area contributed by atoms with Gasteiger partial charge in [0, 0.05) is 0 Å². The second-order valence-corrected chi connectivity index (χ2v) is 5.42. The molecule has 0 radical (unpaired) electrons. The standard InChI is InChI=1S/C16H21N3O3/c1-4-22-16(21)12-5-7-13(8-6-12)19-15(9-11(2)3)14(10-20)17-18-19/h5-8,11,20H,4,9-10H2,1-3H3. The zero-order valence-corrected chi connectivity index (χ0v) is 13.1. The van der Waals surface area contributed by atoms with Crippen LogP contribution in [0.1, 0.15) is 42.5 Å². The van der Waals surface area contributed by atoms with E-state index in [1.165, 1.54) is 0 Å². The number of rotatable bonds is 6. The SMILES string of the molecule is CCOC(=O)c1ccc(-n2nnc(CO)c2CC(C)C)cc1. The molecular weight excluding hydrogens is 282 g/mol. The van der Waals surface area contributed by atoms with Gasteiger partial charge in [0.2, 0.25) is 0 Å². The van der Waals surface area contributed by atoms with Crippen molar-refractivity contribution in [3.63, 3.8) is 0 Å². The van der Waals surface area contributed by atoms with E-state index in [0.717, 1.165) is 17.8 Å². The Hall–Kier alpha value is -2.21. The maximum atomic E-state index is 11.7. The minimum absolute atomic E-state index is 0.136. The minimum atomic E-state index is -0.342. The average molecular weight is 303 g/mol. The molecule has 1 aromatic heterocycles. The van der Waals surface area contributed by atoms with Crippen LogP contribution in [-0.4, -0.2) is 32.7 Å². The Labute approximate surface area is 129 Å². The highest BCUT2D eigenvalue weighted by Gasteiger charge is 2.15. The molecule has 0 amide bonds. The van der Waals surface area contributed by atoms with E-state index in [0.29, 0.717) is 23.8 Å². The molecule has 0 aliphatic heterocycles. The highest BCUT2D eigenvalue weighted by atomic mass is 16.5. The number of aliphatic hydroxyl groups excluding tert-OH is 1. The van der Waals surface area contributed by atoms with E-state index < -0.39 is 0 Å². The smallest absolute Gasteiger partial charge is 0.338 e. The lowest BCUT2D eigenvalue weighted by Crippen LogP contribution is -2.08. The molecule has 6 nitrogen and oxygen atoms in total. The van der Waals surface area contributed by atoms with Crippen molar-refractivity contribution in [2.24, 2.45) is 5.92 Å². The van der Waals surface area contributed by atoms with E-state index in [2.05, 4.69) is 24.2 Å². The molecular formula is C16H21N3O3. The molecule has 118 valence electrons. The second kappa shape index (κ2) is 7.17. The fraction of sp³-hybridized carbons (Fsp3) is 0.438. The normalized spacial score (nSPS) is 11.0. The largest absolute Gasteiger partial charge is 0.462 e. The quantitative estimate of drug-likeness (QED) is 0.827. The lowest BCUT2D eigenvalue weighted by atomic mass is 10.1. The number of aliphatic hydroxyl groups is 1. The zero-order chi connectivity index (χ0) is 16.1. The maximum Gasteiger partial charge on any atom is 0.338 e. The number of benzene rings is 1. The first kappa shape index (κ1) is 16.2. The highest BCUT2D eigenvalue weighted by Crippen LogP contribution is 2.18. The Morgan fingerprint density at radius 1 is 1.32 bits per heavy atom. The molecule has 1 aromatic carbocycles. The predicted octanol–water partition coefficient (Wildman–Crippen LogP) is 2.13. The summed E-state index contributed by atoms with van der Waals surface area (Å²) in [7, 11) is 0. The number of hydrogen-bond acceptors (Lipinski definition) is 5. The first-order valence-corrected chi connectivity index (χ1v) is 7.38. The third-order valence-corrected chi connectivity index (χ3v) is 3.22. The first-order valence-electron chi connectivity index (χ1n) is 7.38. The third kappa shape index (κ3) is 3.51. The Balaban J connectivity index is 2.32. The van der Waals surface area contributed by atoms with Crippen LogP contribution in [0.15, 0.2) is 24.3 Å². The van der Waals surface area contributed by atoms with Gasteiger partial charge >= 0.3 is 5.97 Å². The molecule has 0 aliphatic carbocycles. The summed E-state index contributed by atoms with van der Waals surface area (Å²) in [4.78, 5) is 11.7. The molecule has 6 heteroatoms. The molecule has 2 aromatic rings. The van der Waals surface area contributed by atoms with E-state index in [-0.39, 0.29) is 12.6 Å². The molecule has 1 heterocycles. The number of carbonyl (C=O) groups is 1. The summed E-state index contributed by atoms with van der Waals surface area (Å²) >= 11 is 0. The van der Waals surface area contributed by atoms with Crippen molar-refractivity contribution in [3.05, 3.63) is 41.2 Å². The Bertz CT molecular complexity index is 633. The Morgan fingerprint density at radius 2 is 2.00 bits per heavy atom. The van der Waals surface area contributed by atoms with E-state index in [9.17, 15) is 9.90 Å². The van der Waals surface area contributed by atoms with Gasteiger partial charge in [-0.3, -0.25) is 0 Å². The van der Waals surface area contributed by atoms with E-state index >= 15 is 0 Å². The van der Waals surface area contributed by atoms with Crippen LogP contribution in [0.2, 0.25) is 0 Å². The lowest BCUT2D eigenvalue weighted by molar-refractivity contribution is 0.0526. The van der Waals surface area contributed by atoms with Gasteiger partial charge in [-0.05, 0) is 43.5 Å². The lowest BCUT2D eigenvalue weighted by Gasteiger charge is -2.10. The van der Waals surface area contributed by atoms with Crippen LogP contribution in [0.5, 0.6) is 0 Å². The van der Waals surface area contributed by atoms with Crippen LogP contribution in [-0.2, 0) is 17.8 Å². The summed E-state index contributed by atoms with van der Waals surface area (Å²) in [5.41, 5.74) is 2.78. The van der Waals surface area contributed by atoms with Gasteiger partial charge in [0.15, 0.2) is 0 Å². The molecule has 0 fully saturated rings. The maximum absolute atomic E-state index is 11.7. The topological polar surface area (TPSA) is 77.2 Å². The number of nitrogens with zero attached hydrogens (tertiary/aromatic N) is 3. The number of aromatic nitrogens is 3. The molecule has 0 aliphatic rings. The van der Waals surface area contributed by atoms with Crippen LogP contribution >= 0.6 is 0 Å². The van der Waals surface area contributed by atoms with Gasteiger partial charge in [0.25, 0.3) is 0 Å². The van der Waals surface area contributed by atoms with Crippen LogP contribution < -0.4 is 0 Å². The summed E-state index contributed by atoms with van der Waals surface area (Å²) in [6.07, 6.45) is 0.766. The Morgan fingerprint density at radius 3 is 2.55 bits per heavy atom. The van der Waals surface area contributed by atoms with E-state index in [1.54, 1.807) is 35.9 Å². The average Bonchev–Trinajstić information content (AvgIpc) is 2.89. The molecule has 0 saturated carbocycles. The van der Waals surface area contributed by atoms with E-state index in [1.807, 2.05) is 0 Å². The monoisotopic (exact) mass is 303 g/mol. The molecule has 0 saturated heterocycles. The fourth-order valence-corrected chi connectivity index (χ4v) is 2.21. The van der Waals surface area contributed by atoms with Crippen LogP contribution in [0, 0.1) is 5.92 Å². The Kier molecular flexibility index (Phi) is 5.27. The minimum Gasteiger partial charge on any atom is -0.462 e. The summed E-state index contributed by atoms with van der Waals surface area (Å²) < 4.78 is 6.67. The summed E-state index contributed by atoms with van der Waals surface area (Å²) in [5, 5.41) is 17.5. The number of hydrogen-bond donors (Lipinski definition) is 1. The van der Waals surface area contributed by atoms with Crippen molar-refractivity contribution in [3.8, 4) is 5.69 Å². The second-order valence-electron chi connectivity index (χ2n) is 5.42. The molecule has 2 rings (SSSR count). The molecule has 0 unspecified atom stereocenters. The van der Waals surface area contributed by atoms with Gasteiger partial charge in [0.05, 0.1) is 30.2 Å². The van der Waals surface area contributed by atoms with Crippen molar-refractivity contribution in [2.45, 2.75) is 33.8 Å². The molecule has 1 N–H and O–H groups in total. The van der Waals surface area contributed by atoms with Crippen molar-refractivity contribution < 1.29 is 14.6 Å². The van der Waals surface area contributed by atoms with Gasteiger partial charge in [-0.15, -0.1) is 5.10 Å². The van der Waals surface area contributed by atoms with Gasteiger partial charge < -0.3 is 9.84 Å². The van der Waals surface area contributed by atoms with Gasteiger partial charge in [0.1, 0.15) is 5.69 Å². The van der Waals surface area contributed by atoms with Crippen LogP contribution in [0.25, 0.3) is 5.69 Å². The summed E-state index contributed by atoms with van der Waals surface area (Å²) in [5.74, 6) is 0.0763. The van der Waals surface area contributed by atoms with Crippen LogP contribution in [0.3, 0.4) is 0 Å². The zero-order valence-electron chi connectivity index (χ0n) is 13.1. The molecule has 0 bridgehead atoms. The molecule has 0 atom stereocenters. The summed E-state index contributed by atoms with van der Waals surface area (Å²) in [6.45, 7) is 6.19.